The standard InChI is InChI=1S/C15H23NO2/c1-11-9-14(12(2)16(11)3)15(17)10-18-8-7-13-5-4-6-13/h9,13H,4-8,10H2,1-3H3. The van der Waals surface area contributed by atoms with Gasteiger partial charge in [0, 0.05) is 30.6 Å². The van der Waals surface area contributed by atoms with Crippen LogP contribution in [0.1, 0.15) is 47.4 Å². The van der Waals surface area contributed by atoms with Gasteiger partial charge in [-0.1, -0.05) is 19.3 Å². The summed E-state index contributed by atoms with van der Waals surface area (Å²) in [7, 11) is 1.99. The molecule has 1 aromatic heterocycles. The fourth-order valence-corrected chi connectivity index (χ4v) is 2.41. The first kappa shape index (κ1) is 13.3. The van der Waals surface area contributed by atoms with E-state index in [1.165, 1.54) is 19.3 Å². The third-order valence-corrected chi connectivity index (χ3v) is 4.20. The van der Waals surface area contributed by atoms with Crippen LogP contribution in [0.5, 0.6) is 0 Å². The summed E-state index contributed by atoms with van der Waals surface area (Å²) in [6.45, 7) is 4.94. The van der Waals surface area contributed by atoms with Crippen molar-refractivity contribution in [2.45, 2.75) is 39.5 Å². The number of carbonyl (C=O) groups is 1. The van der Waals surface area contributed by atoms with Crippen LogP contribution in [-0.4, -0.2) is 23.6 Å². The lowest BCUT2D eigenvalue weighted by Crippen LogP contribution is -2.16. The van der Waals surface area contributed by atoms with E-state index >= 15 is 0 Å². The van der Waals surface area contributed by atoms with Crippen LogP contribution in [0.15, 0.2) is 6.07 Å². The first-order valence-corrected chi connectivity index (χ1v) is 6.83. The Hall–Kier alpha value is -1.09. The summed E-state index contributed by atoms with van der Waals surface area (Å²) in [5, 5.41) is 0. The van der Waals surface area contributed by atoms with Gasteiger partial charge in [0.25, 0.3) is 0 Å². The number of ketones is 1. The predicted octanol–water partition coefficient (Wildman–Crippen LogP) is 3.03. The Labute approximate surface area is 109 Å². The lowest BCUT2D eigenvalue weighted by Gasteiger charge is -2.24. The molecule has 0 unspecified atom stereocenters. The number of Topliss-reactive ketones (excluding diaryl/α,β-unsaturated/α-hetero) is 1. The highest BCUT2D eigenvalue weighted by Gasteiger charge is 2.17. The van der Waals surface area contributed by atoms with E-state index in [0.29, 0.717) is 0 Å². The topological polar surface area (TPSA) is 31.2 Å². The highest BCUT2D eigenvalue weighted by atomic mass is 16.5. The van der Waals surface area contributed by atoms with Crippen LogP contribution in [0, 0.1) is 19.8 Å². The van der Waals surface area contributed by atoms with Gasteiger partial charge in [-0.2, -0.15) is 0 Å². The normalized spacial score (nSPS) is 15.7. The number of hydrogen-bond acceptors (Lipinski definition) is 2. The van der Waals surface area contributed by atoms with Crippen molar-refractivity contribution in [3.8, 4) is 0 Å². The minimum Gasteiger partial charge on any atom is -0.373 e. The zero-order chi connectivity index (χ0) is 13.1. The minimum absolute atomic E-state index is 0.102. The summed E-state index contributed by atoms with van der Waals surface area (Å²) >= 11 is 0. The van der Waals surface area contributed by atoms with Gasteiger partial charge in [0.05, 0.1) is 0 Å². The second-order valence-electron chi connectivity index (χ2n) is 5.41. The zero-order valence-corrected chi connectivity index (χ0v) is 11.7. The van der Waals surface area contributed by atoms with E-state index < -0.39 is 0 Å². The van der Waals surface area contributed by atoms with Crippen molar-refractivity contribution in [1.29, 1.82) is 0 Å². The van der Waals surface area contributed by atoms with Gasteiger partial charge in [0.2, 0.25) is 0 Å². The quantitative estimate of drug-likeness (QED) is 0.573. The van der Waals surface area contributed by atoms with E-state index in [0.717, 1.165) is 35.9 Å². The van der Waals surface area contributed by atoms with Gasteiger partial charge in [0.15, 0.2) is 5.78 Å². The van der Waals surface area contributed by atoms with Crippen LogP contribution >= 0.6 is 0 Å². The Morgan fingerprint density at radius 1 is 1.44 bits per heavy atom. The number of ether oxygens (including phenoxy) is 1. The van der Waals surface area contributed by atoms with E-state index in [4.69, 9.17) is 4.74 Å². The molecule has 0 amide bonds. The molecule has 1 aromatic rings. The van der Waals surface area contributed by atoms with E-state index in [1.807, 2.05) is 31.5 Å². The Morgan fingerprint density at radius 2 is 2.17 bits per heavy atom. The molecule has 0 radical (unpaired) electrons. The van der Waals surface area contributed by atoms with Crippen molar-refractivity contribution in [2.75, 3.05) is 13.2 Å². The van der Waals surface area contributed by atoms with Crippen molar-refractivity contribution < 1.29 is 9.53 Å². The van der Waals surface area contributed by atoms with Gasteiger partial charge < -0.3 is 9.30 Å². The van der Waals surface area contributed by atoms with Gasteiger partial charge in [-0.15, -0.1) is 0 Å². The minimum atomic E-state index is 0.102. The first-order chi connectivity index (χ1) is 8.59. The molecule has 100 valence electrons. The van der Waals surface area contributed by atoms with Crippen LogP contribution in [0.2, 0.25) is 0 Å². The average Bonchev–Trinajstić information content (AvgIpc) is 2.54. The molecule has 0 aromatic carbocycles. The van der Waals surface area contributed by atoms with Crippen molar-refractivity contribution in [1.82, 2.24) is 4.57 Å². The van der Waals surface area contributed by atoms with Crippen molar-refractivity contribution in [2.24, 2.45) is 13.0 Å². The SMILES string of the molecule is Cc1cc(C(=O)COCCC2CCC2)c(C)n1C. The Morgan fingerprint density at radius 3 is 2.67 bits per heavy atom. The van der Waals surface area contributed by atoms with Crippen molar-refractivity contribution >= 4 is 5.78 Å². The number of rotatable bonds is 6. The molecular formula is C15H23NO2. The molecule has 1 heterocycles. The fraction of sp³-hybridized carbons (Fsp3) is 0.667. The monoisotopic (exact) mass is 249 g/mol. The molecule has 3 nitrogen and oxygen atoms in total. The highest BCUT2D eigenvalue weighted by molar-refractivity contribution is 5.98. The Kier molecular flexibility index (Phi) is 4.23. The van der Waals surface area contributed by atoms with Crippen molar-refractivity contribution in [3.05, 3.63) is 23.0 Å². The van der Waals surface area contributed by atoms with Gasteiger partial charge in [-0.05, 0) is 32.3 Å². The molecule has 0 saturated heterocycles. The number of aromatic nitrogens is 1. The largest absolute Gasteiger partial charge is 0.373 e. The van der Waals surface area contributed by atoms with Crippen LogP contribution in [-0.2, 0) is 11.8 Å². The second-order valence-corrected chi connectivity index (χ2v) is 5.41. The molecule has 0 spiro atoms. The number of hydrogen-bond donors (Lipinski definition) is 0. The first-order valence-electron chi connectivity index (χ1n) is 6.83. The summed E-state index contributed by atoms with van der Waals surface area (Å²) in [6, 6.07) is 1.95. The van der Waals surface area contributed by atoms with E-state index in [2.05, 4.69) is 0 Å². The van der Waals surface area contributed by atoms with E-state index in [-0.39, 0.29) is 12.4 Å². The summed E-state index contributed by atoms with van der Waals surface area (Å²) in [4.78, 5) is 12.0. The lowest BCUT2D eigenvalue weighted by atomic mass is 9.83. The number of nitrogens with zero attached hydrogens (tertiary/aromatic N) is 1. The number of carbonyl (C=O) groups excluding carboxylic acids is 1. The molecule has 1 fully saturated rings. The Bertz CT molecular complexity index is 430. The summed E-state index contributed by atoms with van der Waals surface area (Å²) < 4.78 is 7.54. The van der Waals surface area contributed by atoms with E-state index in [9.17, 15) is 4.79 Å². The van der Waals surface area contributed by atoms with E-state index in [1.54, 1.807) is 0 Å². The van der Waals surface area contributed by atoms with Crippen molar-refractivity contribution in [3.63, 3.8) is 0 Å². The maximum atomic E-state index is 12.0. The molecule has 0 bridgehead atoms. The molecule has 0 atom stereocenters. The third-order valence-electron chi connectivity index (χ3n) is 4.20. The summed E-state index contributed by atoms with van der Waals surface area (Å²) in [5.74, 6) is 0.950. The molecule has 1 aliphatic rings. The highest BCUT2D eigenvalue weighted by Crippen LogP contribution is 2.29. The van der Waals surface area contributed by atoms with Crippen LogP contribution < -0.4 is 0 Å². The molecule has 0 N–H and O–H groups in total. The van der Waals surface area contributed by atoms with Crippen LogP contribution in [0.4, 0.5) is 0 Å². The maximum absolute atomic E-state index is 12.0. The Balaban J connectivity index is 1.78. The smallest absolute Gasteiger partial charge is 0.190 e. The molecule has 0 aliphatic heterocycles. The summed E-state index contributed by atoms with van der Waals surface area (Å²) in [6.07, 6.45) is 5.16. The van der Waals surface area contributed by atoms with Gasteiger partial charge >= 0.3 is 0 Å². The summed E-state index contributed by atoms with van der Waals surface area (Å²) in [5.41, 5.74) is 2.95. The maximum Gasteiger partial charge on any atom is 0.190 e. The van der Waals surface area contributed by atoms with Gasteiger partial charge in [-0.3, -0.25) is 4.79 Å². The number of aryl methyl sites for hydroxylation is 1. The van der Waals surface area contributed by atoms with Gasteiger partial charge in [0.1, 0.15) is 6.61 Å². The van der Waals surface area contributed by atoms with Gasteiger partial charge in [-0.25, -0.2) is 0 Å². The predicted molar refractivity (Wildman–Crippen MR) is 72.0 cm³/mol. The lowest BCUT2D eigenvalue weighted by molar-refractivity contribution is 0.0704. The molecule has 1 aliphatic carbocycles. The fourth-order valence-electron chi connectivity index (χ4n) is 2.41. The third kappa shape index (κ3) is 2.83. The molecule has 1 saturated carbocycles. The average molecular weight is 249 g/mol. The molecular weight excluding hydrogens is 226 g/mol. The molecule has 18 heavy (non-hydrogen) atoms. The van der Waals surface area contributed by atoms with Crippen LogP contribution in [0.25, 0.3) is 0 Å². The molecule has 3 heteroatoms. The zero-order valence-electron chi connectivity index (χ0n) is 11.7. The second kappa shape index (κ2) is 5.70. The molecule has 2 rings (SSSR count). The van der Waals surface area contributed by atoms with Crippen LogP contribution in [0.3, 0.4) is 0 Å².